The number of nitrogens with two attached hydrogens (primary N) is 3. The molecule has 29 heavy (non-hydrogen) atoms. The zero-order valence-corrected chi connectivity index (χ0v) is 18.8. The highest BCUT2D eigenvalue weighted by Gasteiger charge is 2.59. The lowest BCUT2D eigenvalue weighted by Crippen LogP contribution is -2.91. The maximum absolute atomic E-state index is 10.9. The zero-order chi connectivity index (χ0) is 21.2. The second-order valence-corrected chi connectivity index (χ2v) is 8.97. The van der Waals surface area contributed by atoms with Crippen molar-refractivity contribution in [3.63, 3.8) is 0 Å². The standard InChI is InChI=1S/3C7H13NO.2CH4/c3*1-5-4-7(5,8-3)6(2)9;;/h3*5,8H,4H2,1-3H3;2*1H4/p+3/t2*5?,7-;;;/m00.../s1. The molecule has 6 atom stereocenters. The third-order valence-electron chi connectivity index (χ3n) is 7.60. The molecular formula is C23H50N3O3+3. The zero-order valence-electron chi connectivity index (χ0n) is 18.8. The monoisotopic (exact) mass is 416 g/mol. The summed E-state index contributed by atoms with van der Waals surface area (Å²) in [6.07, 6.45) is 3.20. The van der Waals surface area contributed by atoms with Gasteiger partial charge in [0, 0.05) is 57.8 Å². The molecule has 0 bridgehead atoms. The van der Waals surface area contributed by atoms with Gasteiger partial charge in [0.05, 0.1) is 21.1 Å². The second kappa shape index (κ2) is 10.8. The summed E-state index contributed by atoms with van der Waals surface area (Å²) in [5.41, 5.74) is -0.0417. The highest BCUT2D eigenvalue weighted by Crippen LogP contribution is 2.40. The van der Waals surface area contributed by atoms with E-state index in [1.54, 1.807) is 20.8 Å². The molecule has 3 rings (SSSR count). The minimum atomic E-state index is -0.0139. The summed E-state index contributed by atoms with van der Waals surface area (Å²) >= 11 is 0. The topological polar surface area (TPSA) is 101 Å². The van der Waals surface area contributed by atoms with Gasteiger partial charge in [0.1, 0.15) is 0 Å². The van der Waals surface area contributed by atoms with Crippen molar-refractivity contribution < 1.29 is 30.3 Å². The number of carbonyl (C=O) groups excluding carboxylic acids is 3. The van der Waals surface area contributed by atoms with Crippen LogP contribution in [0.1, 0.15) is 75.7 Å². The van der Waals surface area contributed by atoms with E-state index >= 15 is 0 Å². The van der Waals surface area contributed by atoms with Crippen LogP contribution in [0.15, 0.2) is 0 Å². The Morgan fingerprint density at radius 1 is 0.586 bits per heavy atom. The molecule has 0 saturated heterocycles. The maximum Gasteiger partial charge on any atom is 0.190 e. The molecule has 0 spiro atoms. The molecule has 3 fully saturated rings. The SMILES string of the molecule is C.C.C[NH2+]C1(C(C)=O)CC1C.C[NH2+][C@@]1(C(C)=O)CC1C.C[NH2+][C@@]1(C(C)=O)CC1C. The number of rotatable bonds is 6. The molecular weight excluding hydrogens is 366 g/mol. The lowest BCUT2D eigenvalue weighted by Gasteiger charge is -2.05. The largest absolute Gasteiger partial charge is 0.337 e. The van der Waals surface area contributed by atoms with E-state index in [-0.39, 0.29) is 31.5 Å². The van der Waals surface area contributed by atoms with Gasteiger partial charge < -0.3 is 16.0 Å². The van der Waals surface area contributed by atoms with Gasteiger partial charge in [-0.15, -0.1) is 0 Å². The van der Waals surface area contributed by atoms with Crippen molar-refractivity contribution in [1.29, 1.82) is 0 Å². The minimum Gasteiger partial charge on any atom is -0.337 e. The van der Waals surface area contributed by atoms with Crippen LogP contribution in [0.3, 0.4) is 0 Å². The molecule has 6 heteroatoms. The Bertz CT molecular complexity index is 501. The molecule has 172 valence electrons. The number of carbonyl (C=O) groups is 3. The fraction of sp³-hybridized carbons (Fsp3) is 0.870. The Balaban J connectivity index is 0. The lowest BCUT2D eigenvalue weighted by atomic mass is 10.1. The van der Waals surface area contributed by atoms with Crippen molar-refractivity contribution in [2.45, 2.75) is 92.3 Å². The molecule has 0 aromatic carbocycles. The van der Waals surface area contributed by atoms with Crippen LogP contribution < -0.4 is 16.0 Å². The van der Waals surface area contributed by atoms with E-state index in [1.165, 1.54) is 0 Å². The number of quaternary nitrogens is 3. The Hall–Kier alpha value is -1.11. The molecule has 6 nitrogen and oxygen atoms in total. The molecule has 0 aromatic rings. The fourth-order valence-corrected chi connectivity index (χ4v) is 4.63. The van der Waals surface area contributed by atoms with Crippen molar-refractivity contribution in [1.82, 2.24) is 0 Å². The minimum absolute atomic E-state index is 0. The van der Waals surface area contributed by atoms with E-state index in [2.05, 4.69) is 20.8 Å². The van der Waals surface area contributed by atoms with Crippen molar-refractivity contribution >= 4 is 17.3 Å². The smallest absolute Gasteiger partial charge is 0.190 e. The first-order valence-corrected chi connectivity index (χ1v) is 10.3. The van der Waals surface area contributed by atoms with Crippen LogP contribution in [0.2, 0.25) is 0 Å². The molecule has 3 aliphatic rings. The molecule has 4 unspecified atom stereocenters. The Morgan fingerprint density at radius 3 is 0.724 bits per heavy atom. The first kappa shape index (κ1) is 30.1. The average Bonchev–Trinajstić information content (AvgIpc) is 3.52. The molecule has 0 radical (unpaired) electrons. The van der Waals surface area contributed by atoms with Crippen molar-refractivity contribution in [2.24, 2.45) is 17.8 Å². The summed E-state index contributed by atoms with van der Waals surface area (Å²) in [5, 5.41) is 6.12. The van der Waals surface area contributed by atoms with Crippen LogP contribution in [0.5, 0.6) is 0 Å². The van der Waals surface area contributed by atoms with Gasteiger partial charge in [0.2, 0.25) is 0 Å². The number of Topliss-reactive ketones (excluding diaryl/α,β-unsaturated/α-hetero) is 3. The van der Waals surface area contributed by atoms with Crippen molar-refractivity contribution in [3.8, 4) is 0 Å². The normalized spacial score (nSPS) is 37.8. The number of hydrogen-bond acceptors (Lipinski definition) is 3. The van der Waals surface area contributed by atoms with Gasteiger partial charge in [-0.1, -0.05) is 35.6 Å². The lowest BCUT2D eigenvalue weighted by molar-refractivity contribution is -0.666. The number of hydrogen-bond donors (Lipinski definition) is 3. The van der Waals surface area contributed by atoms with Gasteiger partial charge in [-0.3, -0.25) is 14.4 Å². The van der Waals surface area contributed by atoms with E-state index in [0.717, 1.165) is 19.3 Å². The van der Waals surface area contributed by atoms with Gasteiger partial charge in [-0.25, -0.2) is 0 Å². The van der Waals surface area contributed by atoms with E-state index < -0.39 is 0 Å². The summed E-state index contributed by atoms with van der Waals surface area (Å²) in [5.74, 6) is 2.78. The molecule has 0 aliphatic heterocycles. The summed E-state index contributed by atoms with van der Waals surface area (Å²) in [6.45, 7) is 11.4. The Labute approximate surface area is 179 Å². The summed E-state index contributed by atoms with van der Waals surface area (Å²) in [6, 6.07) is 0. The fourth-order valence-electron chi connectivity index (χ4n) is 4.63. The first-order chi connectivity index (χ1) is 12.4. The summed E-state index contributed by atoms with van der Waals surface area (Å²) in [4.78, 5) is 32.8. The third-order valence-corrected chi connectivity index (χ3v) is 7.60. The van der Waals surface area contributed by atoms with Gasteiger partial charge in [0.15, 0.2) is 34.0 Å². The Morgan fingerprint density at radius 2 is 0.724 bits per heavy atom. The molecule has 6 N–H and O–H groups in total. The predicted octanol–water partition coefficient (Wildman–Crippen LogP) is -0.0862. The third kappa shape index (κ3) is 5.96. The predicted molar refractivity (Wildman–Crippen MR) is 119 cm³/mol. The second-order valence-electron chi connectivity index (χ2n) is 8.97. The molecule has 0 aromatic heterocycles. The summed E-state index contributed by atoms with van der Waals surface area (Å²) in [7, 11) is 5.93. The van der Waals surface area contributed by atoms with E-state index in [9.17, 15) is 14.4 Å². The molecule has 3 aliphatic carbocycles. The van der Waals surface area contributed by atoms with Gasteiger partial charge >= 0.3 is 0 Å². The average molecular weight is 417 g/mol. The van der Waals surface area contributed by atoms with E-state index in [4.69, 9.17) is 0 Å². The molecule has 3 saturated carbocycles. The van der Waals surface area contributed by atoms with Crippen molar-refractivity contribution in [2.75, 3.05) is 21.1 Å². The number of likely N-dealkylation sites (N-methyl/N-ethyl adjacent to an activating group) is 3. The van der Waals surface area contributed by atoms with Gasteiger partial charge in [0.25, 0.3) is 0 Å². The molecule has 0 heterocycles. The van der Waals surface area contributed by atoms with E-state index in [0.29, 0.717) is 35.1 Å². The van der Waals surface area contributed by atoms with Crippen LogP contribution in [-0.4, -0.2) is 55.1 Å². The van der Waals surface area contributed by atoms with Crippen LogP contribution >= 0.6 is 0 Å². The summed E-state index contributed by atoms with van der Waals surface area (Å²) < 4.78 is 0. The highest BCUT2D eigenvalue weighted by molar-refractivity contribution is 5.88. The van der Waals surface area contributed by atoms with Crippen LogP contribution in [0.25, 0.3) is 0 Å². The van der Waals surface area contributed by atoms with Crippen molar-refractivity contribution in [3.05, 3.63) is 0 Å². The number of ketones is 3. The maximum atomic E-state index is 10.9. The highest BCUT2D eigenvalue weighted by atomic mass is 16.1. The van der Waals surface area contributed by atoms with Gasteiger partial charge in [-0.2, -0.15) is 0 Å². The first-order valence-electron chi connectivity index (χ1n) is 10.3. The molecule has 0 amide bonds. The van der Waals surface area contributed by atoms with Crippen LogP contribution in [0.4, 0.5) is 0 Å². The van der Waals surface area contributed by atoms with Crippen LogP contribution in [-0.2, 0) is 14.4 Å². The van der Waals surface area contributed by atoms with E-state index in [1.807, 2.05) is 37.1 Å². The van der Waals surface area contributed by atoms with Crippen LogP contribution in [0, 0.1) is 17.8 Å². The quantitative estimate of drug-likeness (QED) is 0.564. The Kier molecular flexibility index (Phi) is 11.2. The van der Waals surface area contributed by atoms with Gasteiger partial charge in [-0.05, 0) is 0 Å².